The number of nitrogens with zero attached hydrogens (tertiary/aromatic N) is 3. The summed E-state index contributed by atoms with van der Waals surface area (Å²) < 4.78 is 14.8. The Kier molecular flexibility index (Phi) is 3.60. The lowest BCUT2D eigenvalue weighted by atomic mass is 9.80. The molecule has 2 heterocycles. The van der Waals surface area contributed by atoms with Gasteiger partial charge >= 0.3 is 0 Å². The molecule has 1 aromatic carbocycles. The molecule has 1 saturated heterocycles. The Bertz CT molecular complexity index is 830. The maximum absolute atomic E-state index is 13.4. The van der Waals surface area contributed by atoms with Crippen LogP contribution in [0.4, 0.5) is 4.39 Å². The first kappa shape index (κ1) is 16.1. The van der Waals surface area contributed by atoms with Crippen molar-refractivity contribution in [2.45, 2.75) is 39.2 Å². The molecule has 0 unspecified atom stereocenters. The number of halogens is 1. The first-order valence-corrected chi connectivity index (χ1v) is 8.72. The number of amides is 1. The highest BCUT2D eigenvalue weighted by molar-refractivity contribution is 5.95. The van der Waals surface area contributed by atoms with Gasteiger partial charge in [-0.1, -0.05) is 26.3 Å². The average Bonchev–Trinajstić information content (AvgIpc) is 3.23. The minimum Gasteiger partial charge on any atom is -0.504 e. The Morgan fingerprint density at radius 1 is 1.36 bits per heavy atom. The summed E-state index contributed by atoms with van der Waals surface area (Å²) in [4.78, 5) is 14.9. The molecule has 2 fully saturated rings. The molecule has 2 aliphatic rings. The van der Waals surface area contributed by atoms with Crippen molar-refractivity contribution in [3.63, 3.8) is 0 Å². The minimum atomic E-state index is -0.393. The van der Waals surface area contributed by atoms with Crippen molar-refractivity contribution in [2.75, 3.05) is 6.54 Å². The summed E-state index contributed by atoms with van der Waals surface area (Å²) in [6, 6.07) is 6.12. The van der Waals surface area contributed by atoms with Gasteiger partial charge in [0.15, 0.2) is 11.4 Å². The zero-order valence-electron chi connectivity index (χ0n) is 14.4. The van der Waals surface area contributed by atoms with Gasteiger partial charge in [0.05, 0.1) is 11.9 Å². The molecule has 5 nitrogen and oxygen atoms in total. The van der Waals surface area contributed by atoms with Gasteiger partial charge in [-0.15, -0.1) is 0 Å². The molecule has 1 amide bonds. The number of aromatic hydroxyl groups is 1. The third kappa shape index (κ3) is 2.60. The van der Waals surface area contributed by atoms with Gasteiger partial charge < -0.3 is 10.0 Å². The van der Waals surface area contributed by atoms with Crippen LogP contribution in [-0.4, -0.2) is 38.3 Å². The Hall–Kier alpha value is -2.37. The van der Waals surface area contributed by atoms with E-state index in [0.717, 1.165) is 19.3 Å². The fraction of sp³-hybridized carbons (Fsp3) is 0.474. The second-order valence-electron chi connectivity index (χ2n) is 7.81. The molecule has 1 aromatic heterocycles. The van der Waals surface area contributed by atoms with Crippen LogP contribution in [0, 0.1) is 17.2 Å². The van der Waals surface area contributed by atoms with Gasteiger partial charge in [0.2, 0.25) is 0 Å². The minimum absolute atomic E-state index is 0.0348. The molecular formula is C19H22FN3O2. The zero-order valence-corrected chi connectivity index (χ0v) is 14.4. The van der Waals surface area contributed by atoms with Crippen molar-refractivity contribution in [3.8, 4) is 11.4 Å². The van der Waals surface area contributed by atoms with Gasteiger partial charge in [-0.2, -0.15) is 5.10 Å². The van der Waals surface area contributed by atoms with Crippen molar-refractivity contribution in [1.82, 2.24) is 14.7 Å². The van der Waals surface area contributed by atoms with E-state index >= 15 is 0 Å². The lowest BCUT2D eigenvalue weighted by Crippen LogP contribution is -2.36. The molecule has 25 heavy (non-hydrogen) atoms. The summed E-state index contributed by atoms with van der Waals surface area (Å²) in [5.74, 6) is -0.303. The quantitative estimate of drug-likeness (QED) is 0.909. The molecule has 4 rings (SSSR count). The summed E-state index contributed by atoms with van der Waals surface area (Å²) in [5.41, 5.74) is 0.583. The van der Waals surface area contributed by atoms with Gasteiger partial charge in [-0.3, -0.25) is 4.79 Å². The fourth-order valence-electron chi connectivity index (χ4n) is 4.53. The maximum atomic E-state index is 13.4. The Morgan fingerprint density at radius 2 is 2.16 bits per heavy atom. The fourth-order valence-corrected chi connectivity index (χ4v) is 4.53. The predicted octanol–water partition coefficient (Wildman–Crippen LogP) is 3.37. The van der Waals surface area contributed by atoms with Crippen molar-refractivity contribution < 1.29 is 14.3 Å². The topological polar surface area (TPSA) is 58.4 Å². The molecule has 0 bridgehead atoms. The van der Waals surface area contributed by atoms with E-state index in [1.807, 2.05) is 4.90 Å². The number of aromatic nitrogens is 2. The lowest BCUT2D eigenvalue weighted by molar-refractivity contribution is 0.0712. The van der Waals surface area contributed by atoms with E-state index < -0.39 is 5.82 Å². The third-order valence-corrected chi connectivity index (χ3v) is 5.69. The van der Waals surface area contributed by atoms with Crippen LogP contribution >= 0.6 is 0 Å². The number of carbonyl (C=O) groups excluding carboxylic acids is 1. The summed E-state index contributed by atoms with van der Waals surface area (Å²) in [7, 11) is 0. The summed E-state index contributed by atoms with van der Waals surface area (Å²) in [5, 5.41) is 14.5. The molecule has 1 aliphatic heterocycles. The van der Waals surface area contributed by atoms with E-state index in [4.69, 9.17) is 0 Å². The standard InChI is InChI=1S/C19H22FN3O2/c1-19(2)11-22(15-8-4-7-14(15)19)18(25)17-16(24)10-23(21-17)13-6-3-5-12(20)9-13/h3,5-6,9-10,14-15,24H,4,7-8,11H2,1-2H3/t14-,15+/m0/s1. The molecular weight excluding hydrogens is 321 g/mol. The van der Waals surface area contributed by atoms with Crippen molar-refractivity contribution >= 4 is 5.91 Å². The largest absolute Gasteiger partial charge is 0.504 e. The molecule has 2 atom stereocenters. The molecule has 0 radical (unpaired) electrons. The van der Waals surface area contributed by atoms with Gasteiger partial charge in [0.1, 0.15) is 5.82 Å². The predicted molar refractivity (Wildman–Crippen MR) is 91.1 cm³/mol. The number of fused-ring (bicyclic) bond motifs is 1. The lowest BCUT2D eigenvalue weighted by Gasteiger charge is -2.23. The number of benzene rings is 1. The first-order chi connectivity index (χ1) is 11.9. The summed E-state index contributed by atoms with van der Waals surface area (Å²) in [6.07, 6.45) is 4.64. The van der Waals surface area contributed by atoms with Crippen LogP contribution in [0.15, 0.2) is 30.5 Å². The third-order valence-electron chi connectivity index (χ3n) is 5.69. The van der Waals surface area contributed by atoms with E-state index in [-0.39, 0.29) is 28.8 Å². The Morgan fingerprint density at radius 3 is 2.92 bits per heavy atom. The summed E-state index contributed by atoms with van der Waals surface area (Å²) in [6.45, 7) is 5.08. The monoisotopic (exact) mass is 343 g/mol. The molecule has 1 N–H and O–H groups in total. The highest BCUT2D eigenvalue weighted by Gasteiger charge is 2.51. The zero-order chi connectivity index (χ0) is 17.8. The van der Waals surface area contributed by atoms with Crippen molar-refractivity contribution in [1.29, 1.82) is 0 Å². The number of hydrogen-bond acceptors (Lipinski definition) is 3. The van der Waals surface area contributed by atoms with Gasteiger partial charge in [0.25, 0.3) is 5.91 Å². The van der Waals surface area contributed by atoms with Crippen LogP contribution in [0.5, 0.6) is 5.75 Å². The average molecular weight is 343 g/mol. The van der Waals surface area contributed by atoms with Gasteiger partial charge in [0, 0.05) is 12.6 Å². The number of carbonyl (C=O) groups is 1. The van der Waals surface area contributed by atoms with E-state index in [0.29, 0.717) is 18.2 Å². The highest BCUT2D eigenvalue weighted by Crippen LogP contribution is 2.49. The van der Waals surface area contributed by atoms with E-state index in [2.05, 4.69) is 18.9 Å². The smallest absolute Gasteiger partial charge is 0.278 e. The SMILES string of the molecule is CC1(C)CN(C(=O)c2nn(-c3cccc(F)c3)cc2O)[C@@H]2CCC[C@@H]21. The second kappa shape index (κ2) is 5.58. The van der Waals surface area contributed by atoms with E-state index in [9.17, 15) is 14.3 Å². The van der Waals surface area contributed by atoms with Crippen LogP contribution in [-0.2, 0) is 0 Å². The first-order valence-electron chi connectivity index (χ1n) is 8.72. The normalized spacial score (nSPS) is 24.5. The molecule has 132 valence electrons. The van der Waals surface area contributed by atoms with Crippen LogP contribution < -0.4 is 0 Å². The van der Waals surface area contributed by atoms with Gasteiger partial charge in [-0.25, -0.2) is 9.07 Å². The van der Waals surface area contributed by atoms with Gasteiger partial charge in [-0.05, 0) is 42.4 Å². The van der Waals surface area contributed by atoms with Crippen LogP contribution in [0.2, 0.25) is 0 Å². The molecule has 0 spiro atoms. The number of likely N-dealkylation sites (tertiary alicyclic amines) is 1. The number of rotatable bonds is 2. The highest BCUT2D eigenvalue weighted by atomic mass is 19.1. The summed E-state index contributed by atoms with van der Waals surface area (Å²) >= 11 is 0. The Labute approximate surface area is 146 Å². The molecule has 6 heteroatoms. The van der Waals surface area contributed by atoms with Crippen molar-refractivity contribution in [3.05, 3.63) is 42.0 Å². The van der Waals surface area contributed by atoms with E-state index in [1.165, 1.54) is 23.0 Å². The van der Waals surface area contributed by atoms with Crippen LogP contribution in [0.3, 0.4) is 0 Å². The second-order valence-corrected chi connectivity index (χ2v) is 7.81. The molecule has 1 saturated carbocycles. The van der Waals surface area contributed by atoms with Crippen LogP contribution in [0.1, 0.15) is 43.6 Å². The molecule has 1 aliphatic carbocycles. The van der Waals surface area contributed by atoms with Crippen LogP contribution in [0.25, 0.3) is 5.69 Å². The Balaban J connectivity index is 1.65. The van der Waals surface area contributed by atoms with Crippen molar-refractivity contribution in [2.24, 2.45) is 11.3 Å². The number of hydrogen-bond donors (Lipinski definition) is 1. The maximum Gasteiger partial charge on any atom is 0.278 e. The molecule has 2 aromatic rings. The van der Waals surface area contributed by atoms with E-state index in [1.54, 1.807) is 12.1 Å².